The fraction of sp³-hybridized carbons (Fsp3) is 0.167. The molecule has 1 heterocycles. The number of hydrogen-bond acceptors (Lipinski definition) is 2. The zero-order valence-electron chi connectivity index (χ0n) is 8.41. The van der Waals surface area contributed by atoms with Crippen LogP contribution >= 0.6 is 11.3 Å². The molecule has 1 aromatic carbocycles. The van der Waals surface area contributed by atoms with E-state index in [0.29, 0.717) is 5.56 Å². The van der Waals surface area contributed by atoms with E-state index >= 15 is 0 Å². The normalized spacial score (nSPS) is 12.7. The summed E-state index contributed by atoms with van der Waals surface area (Å²) >= 11 is 1.55. The molecule has 0 amide bonds. The molecule has 0 radical (unpaired) electrons. The maximum Gasteiger partial charge on any atom is 0.128 e. The SMILES string of the molecule is Cc1ccc([C@@H](N)c2cccs2)c(F)c1. The summed E-state index contributed by atoms with van der Waals surface area (Å²) in [5, 5.41) is 1.95. The molecule has 0 aliphatic rings. The maximum absolute atomic E-state index is 13.6. The monoisotopic (exact) mass is 221 g/mol. The highest BCUT2D eigenvalue weighted by Gasteiger charge is 2.13. The van der Waals surface area contributed by atoms with Gasteiger partial charge in [-0.15, -0.1) is 11.3 Å². The number of nitrogens with two attached hydrogens (primary N) is 1. The number of benzene rings is 1. The average Bonchev–Trinajstić information content (AvgIpc) is 2.69. The lowest BCUT2D eigenvalue weighted by Gasteiger charge is -2.11. The summed E-state index contributed by atoms with van der Waals surface area (Å²) in [5.74, 6) is -0.226. The van der Waals surface area contributed by atoms with Crippen LogP contribution in [0.3, 0.4) is 0 Å². The Hall–Kier alpha value is -1.19. The largest absolute Gasteiger partial charge is 0.320 e. The van der Waals surface area contributed by atoms with Gasteiger partial charge in [-0.25, -0.2) is 4.39 Å². The lowest BCUT2D eigenvalue weighted by atomic mass is 10.0. The van der Waals surface area contributed by atoms with Gasteiger partial charge < -0.3 is 5.73 Å². The minimum absolute atomic E-state index is 0.226. The van der Waals surface area contributed by atoms with Gasteiger partial charge >= 0.3 is 0 Å². The molecular weight excluding hydrogens is 209 g/mol. The number of hydrogen-bond donors (Lipinski definition) is 1. The molecule has 0 fully saturated rings. The predicted octanol–water partition coefficient (Wildman–Crippen LogP) is 3.24. The number of rotatable bonds is 2. The third-order valence-electron chi connectivity index (χ3n) is 2.34. The molecule has 0 spiro atoms. The van der Waals surface area contributed by atoms with Gasteiger partial charge in [0.05, 0.1) is 6.04 Å². The highest BCUT2D eigenvalue weighted by Crippen LogP contribution is 2.25. The van der Waals surface area contributed by atoms with E-state index in [1.54, 1.807) is 17.4 Å². The molecule has 0 aliphatic carbocycles. The first-order chi connectivity index (χ1) is 7.18. The van der Waals surface area contributed by atoms with E-state index in [0.717, 1.165) is 10.4 Å². The van der Waals surface area contributed by atoms with Crippen LogP contribution in [0.2, 0.25) is 0 Å². The first kappa shape index (κ1) is 10.3. The molecule has 15 heavy (non-hydrogen) atoms. The summed E-state index contributed by atoms with van der Waals surface area (Å²) < 4.78 is 13.6. The molecule has 0 saturated carbocycles. The highest BCUT2D eigenvalue weighted by molar-refractivity contribution is 7.10. The minimum Gasteiger partial charge on any atom is -0.320 e. The first-order valence-corrected chi connectivity index (χ1v) is 5.61. The van der Waals surface area contributed by atoms with E-state index in [2.05, 4.69) is 0 Å². The van der Waals surface area contributed by atoms with Crippen LogP contribution in [0, 0.1) is 12.7 Å². The Morgan fingerprint density at radius 1 is 1.33 bits per heavy atom. The van der Waals surface area contributed by atoms with Crippen molar-refractivity contribution in [1.82, 2.24) is 0 Å². The average molecular weight is 221 g/mol. The second kappa shape index (κ2) is 4.13. The number of thiophene rings is 1. The van der Waals surface area contributed by atoms with Crippen molar-refractivity contribution >= 4 is 11.3 Å². The zero-order chi connectivity index (χ0) is 10.8. The smallest absolute Gasteiger partial charge is 0.128 e. The Kier molecular flexibility index (Phi) is 2.84. The van der Waals surface area contributed by atoms with Crippen LogP contribution in [0.5, 0.6) is 0 Å². The van der Waals surface area contributed by atoms with Crippen molar-refractivity contribution in [3.8, 4) is 0 Å². The Balaban J connectivity index is 2.38. The third kappa shape index (κ3) is 2.08. The first-order valence-electron chi connectivity index (χ1n) is 4.73. The van der Waals surface area contributed by atoms with Crippen molar-refractivity contribution in [3.63, 3.8) is 0 Å². The van der Waals surface area contributed by atoms with Crippen LogP contribution in [-0.4, -0.2) is 0 Å². The molecule has 2 rings (SSSR count). The van der Waals surface area contributed by atoms with E-state index in [1.807, 2.05) is 30.5 Å². The molecule has 1 nitrogen and oxygen atoms in total. The van der Waals surface area contributed by atoms with E-state index in [-0.39, 0.29) is 11.9 Å². The molecule has 0 saturated heterocycles. The van der Waals surface area contributed by atoms with Crippen molar-refractivity contribution in [2.45, 2.75) is 13.0 Å². The van der Waals surface area contributed by atoms with E-state index < -0.39 is 0 Å². The molecule has 1 aromatic heterocycles. The summed E-state index contributed by atoms with van der Waals surface area (Å²) in [7, 11) is 0. The molecule has 2 N–H and O–H groups in total. The van der Waals surface area contributed by atoms with Crippen LogP contribution in [0.1, 0.15) is 22.0 Å². The summed E-state index contributed by atoms with van der Waals surface area (Å²) in [5.41, 5.74) is 7.45. The molecule has 0 aliphatic heterocycles. The molecule has 3 heteroatoms. The quantitative estimate of drug-likeness (QED) is 0.827. The maximum atomic E-state index is 13.6. The molecule has 78 valence electrons. The van der Waals surface area contributed by atoms with Gasteiger partial charge in [0.2, 0.25) is 0 Å². The highest BCUT2D eigenvalue weighted by atomic mass is 32.1. The predicted molar refractivity (Wildman–Crippen MR) is 61.5 cm³/mol. The second-order valence-corrected chi connectivity index (χ2v) is 4.50. The van der Waals surface area contributed by atoms with Gasteiger partial charge in [0, 0.05) is 10.4 Å². The van der Waals surface area contributed by atoms with Gasteiger partial charge in [-0.1, -0.05) is 18.2 Å². The Bertz CT molecular complexity index is 451. The van der Waals surface area contributed by atoms with Crippen LogP contribution in [0.25, 0.3) is 0 Å². The van der Waals surface area contributed by atoms with Crippen molar-refractivity contribution < 1.29 is 4.39 Å². The minimum atomic E-state index is -0.356. The third-order valence-corrected chi connectivity index (χ3v) is 3.30. The van der Waals surface area contributed by atoms with E-state index in [9.17, 15) is 4.39 Å². The summed E-state index contributed by atoms with van der Waals surface area (Å²) in [6.45, 7) is 1.86. The Labute approximate surface area is 92.4 Å². The Morgan fingerprint density at radius 2 is 2.13 bits per heavy atom. The van der Waals surface area contributed by atoms with Gasteiger partial charge in [-0.3, -0.25) is 0 Å². The van der Waals surface area contributed by atoms with Gasteiger partial charge in [0.25, 0.3) is 0 Å². The number of halogens is 1. The molecule has 1 atom stereocenters. The van der Waals surface area contributed by atoms with E-state index in [4.69, 9.17) is 5.73 Å². The van der Waals surface area contributed by atoms with Gasteiger partial charge in [-0.05, 0) is 30.0 Å². The van der Waals surface area contributed by atoms with Crippen molar-refractivity contribution in [2.75, 3.05) is 0 Å². The zero-order valence-corrected chi connectivity index (χ0v) is 9.22. The van der Waals surface area contributed by atoms with Gasteiger partial charge in [0.15, 0.2) is 0 Å². The van der Waals surface area contributed by atoms with Crippen LogP contribution in [0.15, 0.2) is 35.7 Å². The lowest BCUT2D eigenvalue weighted by molar-refractivity contribution is 0.600. The fourth-order valence-electron chi connectivity index (χ4n) is 1.51. The molecule has 0 bridgehead atoms. The second-order valence-electron chi connectivity index (χ2n) is 3.52. The molecule has 2 aromatic rings. The molecular formula is C12H12FNS. The van der Waals surface area contributed by atoms with Crippen molar-refractivity contribution in [1.29, 1.82) is 0 Å². The van der Waals surface area contributed by atoms with E-state index in [1.165, 1.54) is 6.07 Å². The topological polar surface area (TPSA) is 26.0 Å². The van der Waals surface area contributed by atoms with Crippen molar-refractivity contribution in [3.05, 3.63) is 57.5 Å². The Morgan fingerprint density at radius 3 is 2.73 bits per heavy atom. The summed E-state index contributed by atoms with van der Waals surface area (Å²) in [6.07, 6.45) is 0. The van der Waals surface area contributed by atoms with Crippen LogP contribution in [-0.2, 0) is 0 Å². The standard InChI is InChI=1S/C12H12FNS/c1-8-4-5-9(10(13)7-8)12(14)11-3-2-6-15-11/h2-7,12H,14H2,1H3/t12-/m1/s1. The van der Waals surface area contributed by atoms with Crippen LogP contribution < -0.4 is 5.73 Å². The lowest BCUT2D eigenvalue weighted by Crippen LogP contribution is -2.12. The van der Waals surface area contributed by atoms with Crippen molar-refractivity contribution in [2.24, 2.45) is 5.73 Å². The molecule has 0 unspecified atom stereocenters. The number of aryl methyl sites for hydroxylation is 1. The fourth-order valence-corrected chi connectivity index (χ4v) is 2.25. The van der Waals surface area contributed by atoms with Gasteiger partial charge in [-0.2, -0.15) is 0 Å². The summed E-state index contributed by atoms with van der Waals surface area (Å²) in [4.78, 5) is 0.984. The van der Waals surface area contributed by atoms with Crippen LogP contribution in [0.4, 0.5) is 4.39 Å². The van der Waals surface area contributed by atoms with Gasteiger partial charge in [0.1, 0.15) is 5.82 Å². The summed E-state index contributed by atoms with van der Waals surface area (Å²) in [6, 6.07) is 8.65.